The van der Waals surface area contributed by atoms with Gasteiger partial charge in [0.1, 0.15) is 23.1 Å². The fraction of sp³-hybridized carbons (Fsp3) is 0.148. The van der Waals surface area contributed by atoms with Crippen molar-refractivity contribution in [2.75, 3.05) is 24.4 Å². The van der Waals surface area contributed by atoms with E-state index in [2.05, 4.69) is 10.6 Å². The number of nitriles is 1. The van der Waals surface area contributed by atoms with Gasteiger partial charge >= 0.3 is 0 Å². The Hall–Kier alpha value is -4.28. The Balaban J connectivity index is 1.63. The lowest BCUT2D eigenvalue weighted by Gasteiger charge is -2.12. The average molecular weight is 490 g/mol. The maximum Gasteiger partial charge on any atom is 0.266 e. The summed E-state index contributed by atoms with van der Waals surface area (Å²) in [5.74, 6) is 0.0813. The minimum atomic E-state index is -0.558. The Labute approximate surface area is 208 Å². The van der Waals surface area contributed by atoms with Gasteiger partial charge in [0.2, 0.25) is 0 Å². The zero-order valence-corrected chi connectivity index (χ0v) is 20.3. The summed E-state index contributed by atoms with van der Waals surface area (Å²) >= 11 is 6.30. The van der Waals surface area contributed by atoms with Crippen LogP contribution in [0.2, 0.25) is 5.02 Å². The molecule has 35 heavy (non-hydrogen) atoms. The number of amides is 2. The summed E-state index contributed by atoms with van der Waals surface area (Å²) in [5.41, 5.74) is 3.74. The number of ether oxygens (including phenoxy) is 2. The lowest BCUT2D eigenvalue weighted by molar-refractivity contribution is -0.118. The molecule has 7 nitrogen and oxygen atoms in total. The summed E-state index contributed by atoms with van der Waals surface area (Å²) in [6.07, 6.45) is 1.42. The van der Waals surface area contributed by atoms with Gasteiger partial charge in [-0.1, -0.05) is 29.8 Å². The van der Waals surface area contributed by atoms with E-state index in [1.165, 1.54) is 6.08 Å². The largest absolute Gasteiger partial charge is 0.497 e. The molecule has 0 heterocycles. The highest BCUT2D eigenvalue weighted by molar-refractivity contribution is 6.32. The van der Waals surface area contributed by atoms with E-state index in [1.807, 2.05) is 38.1 Å². The van der Waals surface area contributed by atoms with Crippen molar-refractivity contribution >= 4 is 40.9 Å². The van der Waals surface area contributed by atoms with Crippen molar-refractivity contribution < 1.29 is 19.1 Å². The van der Waals surface area contributed by atoms with Crippen molar-refractivity contribution in [3.8, 4) is 17.6 Å². The normalized spacial score (nSPS) is 10.8. The van der Waals surface area contributed by atoms with Crippen LogP contribution in [0.15, 0.2) is 66.2 Å². The van der Waals surface area contributed by atoms with Crippen LogP contribution in [0.1, 0.15) is 16.7 Å². The molecule has 0 aliphatic heterocycles. The highest BCUT2D eigenvalue weighted by atomic mass is 35.5. The van der Waals surface area contributed by atoms with Crippen LogP contribution >= 0.6 is 11.6 Å². The number of carbonyl (C=O) groups excluding carboxylic acids is 2. The van der Waals surface area contributed by atoms with E-state index in [9.17, 15) is 14.9 Å². The zero-order valence-electron chi connectivity index (χ0n) is 19.5. The van der Waals surface area contributed by atoms with Crippen molar-refractivity contribution in [3.05, 3.63) is 87.9 Å². The van der Waals surface area contributed by atoms with Crippen LogP contribution in [0.4, 0.5) is 11.4 Å². The number of methoxy groups -OCH3 is 1. The monoisotopic (exact) mass is 489 g/mol. The Morgan fingerprint density at radius 1 is 1.06 bits per heavy atom. The molecular formula is C27H24ClN3O4. The molecule has 8 heteroatoms. The summed E-state index contributed by atoms with van der Waals surface area (Å²) in [7, 11) is 1.55. The predicted molar refractivity (Wildman–Crippen MR) is 137 cm³/mol. The lowest BCUT2D eigenvalue weighted by atomic mass is 10.1. The third-order valence-corrected chi connectivity index (χ3v) is 5.51. The second-order valence-corrected chi connectivity index (χ2v) is 8.03. The van der Waals surface area contributed by atoms with Gasteiger partial charge in [-0.25, -0.2) is 0 Å². The van der Waals surface area contributed by atoms with Crippen molar-refractivity contribution in [3.63, 3.8) is 0 Å². The van der Waals surface area contributed by atoms with E-state index in [-0.39, 0.29) is 23.1 Å². The molecule has 0 aromatic heterocycles. The molecule has 2 amide bonds. The van der Waals surface area contributed by atoms with Gasteiger partial charge < -0.3 is 20.1 Å². The van der Waals surface area contributed by atoms with Crippen molar-refractivity contribution in [2.24, 2.45) is 0 Å². The number of benzene rings is 3. The fourth-order valence-corrected chi connectivity index (χ4v) is 3.37. The minimum absolute atomic E-state index is 0.0987. The first-order valence-electron chi connectivity index (χ1n) is 10.7. The Morgan fingerprint density at radius 3 is 2.46 bits per heavy atom. The van der Waals surface area contributed by atoms with E-state index in [0.717, 1.165) is 16.8 Å². The molecule has 0 fully saturated rings. The maximum absolute atomic E-state index is 12.5. The highest BCUT2D eigenvalue weighted by Gasteiger charge is 2.12. The molecule has 0 spiro atoms. The van der Waals surface area contributed by atoms with E-state index in [4.69, 9.17) is 21.1 Å². The summed E-state index contributed by atoms with van der Waals surface area (Å²) < 4.78 is 10.6. The third-order valence-electron chi connectivity index (χ3n) is 5.22. The average Bonchev–Trinajstić information content (AvgIpc) is 2.85. The van der Waals surface area contributed by atoms with Crippen LogP contribution in [0.25, 0.3) is 6.08 Å². The number of anilines is 2. The number of carbonyl (C=O) groups is 2. The maximum atomic E-state index is 12.5. The molecule has 0 unspecified atom stereocenters. The third kappa shape index (κ3) is 6.85. The number of nitrogens with zero attached hydrogens (tertiary/aromatic N) is 1. The molecule has 0 aliphatic carbocycles. The van der Waals surface area contributed by atoms with Crippen molar-refractivity contribution in [2.45, 2.75) is 13.8 Å². The van der Waals surface area contributed by atoms with Crippen LogP contribution in [-0.2, 0) is 9.59 Å². The molecule has 0 saturated carbocycles. The van der Waals surface area contributed by atoms with E-state index in [0.29, 0.717) is 22.7 Å². The van der Waals surface area contributed by atoms with Gasteiger partial charge in [-0.2, -0.15) is 5.26 Å². The first-order valence-corrected chi connectivity index (χ1v) is 11.0. The Morgan fingerprint density at radius 2 is 1.80 bits per heavy atom. The molecule has 0 bridgehead atoms. The van der Waals surface area contributed by atoms with Crippen LogP contribution in [0.3, 0.4) is 0 Å². The smallest absolute Gasteiger partial charge is 0.266 e. The molecule has 2 N–H and O–H groups in total. The number of hydrogen-bond acceptors (Lipinski definition) is 5. The SMILES string of the molecule is COc1ccc(NC(=O)/C(C#N)=C\c2ccc(OCC(=O)Nc3cccc(C)c3C)c(Cl)c2)cc1. The van der Waals surface area contributed by atoms with E-state index in [1.54, 1.807) is 49.6 Å². The van der Waals surface area contributed by atoms with Crippen LogP contribution in [0.5, 0.6) is 11.5 Å². The quantitative estimate of drug-likeness (QED) is 0.320. The number of rotatable bonds is 8. The number of hydrogen-bond donors (Lipinski definition) is 2. The van der Waals surface area contributed by atoms with Gasteiger partial charge in [0, 0.05) is 11.4 Å². The van der Waals surface area contributed by atoms with Crippen LogP contribution < -0.4 is 20.1 Å². The molecule has 0 saturated heterocycles. The number of nitrogens with one attached hydrogen (secondary N) is 2. The predicted octanol–water partition coefficient (Wildman–Crippen LogP) is 5.53. The summed E-state index contributed by atoms with van der Waals surface area (Å²) in [6.45, 7) is 3.68. The van der Waals surface area contributed by atoms with Gasteiger partial charge in [-0.15, -0.1) is 0 Å². The molecule has 178 valence electrons. The topological polar surface area (TPSA) is 100 Å². The molecule has 3 aromatic rings. The highest BCUT2D eigenvalue weighted by Crippen LogP contribution is 2.27. The molecular weight excluding hydrogens is 466 g/mol. The van der Waals surface area contributed by atoms with Gasteiger partial charge in [0.05, 0.1) is 12.1 Å². The first kappa shape index (κ1) is 25.3. The summed E-state index contributed by atoms with van der Waals surface area (Å²) in [4.78, 5) is 24.8. The minimum Gasteiger partial charge on any atom is -0.497 e. The molecule has 3 rings (SSSR count). The second kappa shape index (κ2) is 11.7. The van der Waals surface area contributed by atoms with Gasteiger partial charge in [-0.3, -0.25) is 9.59 Å². The molecule has 3 aromatic carbocycles. The van der Waals surface area contributed by atoms with Crippen molar-refractivity contribution in [1.82, 2.24) is 0 Å². The Bertz CT molecular complexity index is 1310. The molecule has 0 aliphatic rings. The first-order chi connectivity index (χ1) is 16.8. The molecule has 0 radical (unpaired) electrons. The van der Waals surface area contributed by atoms with E-state index < -0.39 is 5.91 Å². The lowest BCUT2D eigenvalue weighted by Crippen LogP contribution is -2.20. The van der Waals surface area contributed by atoms with Crippen LogP contribution in [-0.4, -0.2) is 25.5 Å². The number of halogens is 1. The summed E-state index contributed by atoms with van der Waals surface area (Å²) in [5, 5.41) is 15.2. The van der Waals surface area contributed by atoms with Crippen molar-refractivity contribution in [1.29, 1.82) is 5.26 Å². The van der Waals surface area contributed by atoms with Gasteiger partial charge in [0.15, 0.2) is 6.61 Å². The van der Waals surface area contributed by atoms with E-state index >= 15 is 0 Å². The second-order valence-electron chi connectivity index (χ2n) is 7.63. The van der Waals surface area contributed by atoms with Gasteiger partial charge in [0.25, 0.3) is 11.8 Å². The fourth-order valence-electron chi connectivity index (χ4n) is 3.13. The standard InChI is InChI=1S/C27H24ClN3O4/c1-17-5-4-6-24(18(17)2)31-26(32)16-35-25-12-7-19(14-23(25)28)13-20(15-29)27(33)30-21-8-10-22(34-3)11-9-21/h4-14H,16H2,1-3H3,(H,30,33)(H,31,32)/b20-13-. The Kier molecular flexibility index (Phi) is 8.49. The van der Waals surface area contributed by atoms with Crippen LogP contribution in [0, 0.1) is 25.2 Å². The molecule has 0 atom stereocenters. The zero-order chi connectivity index (χ0) is 25.4. The summed E-state index contributed by atoms with van der Waals surface area (Å²) in [6, 6.07) is 19.1. The van der Waals surface area contributed by atoms with Gasteiger partial charge in [-0.05, 0) is 79.1 Å². The number of aryl methyl sites for hydroxylation is 1.